The summed E-state index contributed by atoms with van der Waals surface area (Å²) < 4.78 is 0. The lowest BCUT2D eigenvalue weighted by atomic mass is 9.71. The Morgan fingerprint density at radius 1 is 0.833 bits per heavy atom. The van der Waals surface area contributed by atoms with Gasteiger partial charge in [-0.3, -0.25) is 0 Å². The van der Waals surface area contributed by atoms with Gasteiger partial charge in [0.05, 0.1) is 0 Å². The quantitative estimate of drug-likeness (QED) is 0.768. The molecule has 3 heterocycles. The van der Waals surface area contributed by atoms with E-state index in [1.807, 2.05) is 13.8 Å². The van der Waals surface area contributed by atoms with E-state index in [4.69, 9.17) is 0 Å². The molecule has 0 atom stereocenters. The van der Waals surface area contributed by atoms with Gasteiger partial charge in [0.15, 0.2) is 0 Å². The lowest BCUT2D eigenvalue weighted by molar-refractivity contribution is 0.00552. The van der Waals surface area contributed by atoms with Gasteiger partial charge in [-0.1, -0.05) is 20.8 Å². The van der Waals surface area contributed by atoms with Crippen molar-refractivity contribution in [2.75, 3.05) is 45.8 Å². The SMILES string of the molecule is CC.CCN1CCC2(CC1)CCN(C1CCN(C(C)C)CC1)CC2. The maximum atomic E-state index is 2.84. The average molecular weight is 338 g/mol. The minimum Gasteiger partial charge on any atom is -0.304 e. The summed E-state index contributed by atoms with van der Waals surface area (Å²) in [7, 11) is 0. The first-order chi connectivity index (χ1) is 11.6. The molecule has 0 bridgehead atoms. The summed E-state index contributed by atoms with van der Waals surface area (Å²) in [5, 5.41) is 0. The van der Waals surface area contributed by atoms with E-state index >= 15 is 0 Å². The second-order valence-electron chi connectivity index (χ2n) is 8.33. The van der Waals surface area contributed by atoms with Crippen LogP contribution in [0.25, 0.3) is 0 Å². The fraction of sp³-hybridized carbons (Fsp3) is 1.00. The number of hydrogen-bond acceptors (Lipinski definition) is 3. The summed E-state index contributed by atoms with van der Waals surface area (Å²) in [5.41, 5.74) is 0.709. The third kappa shape index (κ3) is 4.95. The Balaban J connectivity index is 0.00000100. The van der Waals surface area contributed by atoms with E-state index in [2.05, 4.69) is 35.5 Å². The fourth-order valence-electron chi connectivity index (χ4n) is 4.97. The van der Waals surface area contributed by atoms with Crippen molar-refractivity contribution < 1.29 is 0 Å². The molecule has 3 aliphatic rings. The third-order valence-corrected chi connectivity index (χ3v) is 6.97. The van der Waals surface area contributed by atoms with Gasteiger partial charge in [-0.2, -0.15) is 0 Å². The zero-order chi connectivity index (χ0) is 17.6. The van der Waals surface area contributed by atoms with Gasteiger partial charge in [-0.15, -0.1) is 0 Å². The summed E-state index contributed by atoms with van der Waals surface area (Å²) in [6.07, 6.45) is 8.65. The van der Waals surface area contributed by atoms with Crippen LogP contribution in [0.1, 0.15) is 73.1 Å². The molecule has 0 N–H and O–H groups in total. The van der Waals surface area contributed by atoms with Crippen molar-refractivity contribution in [3.8, 4) is 0 Å². The standard InChI is InChI=1S/C19H37N3.C2H6/c1-4-20-13-7-19(8-14-20)9-15-22(16-10-19)18-5-11-21(12-6-18)17(2)3;1-2/h17-18H,4-16H2,1-3H3;1-2H3. The molecule has 0 unspecified atom stereocenters. The molecule has 0 amide bonds. The number of likely N-dealkylation sites (tertiary alicyclic amines) is 3. The zero-order valence-corrected chi connectivity index (χ0v) is 17.2. The van der Waals surface area contributed by atoms with Crippen LogP contribution < -0.4 is 0 Å². The number of nitrogens with zero attached hydrogens (tertiary/aromatic N) is 3. The molecule has 0 saturated carbocycles. The van der Waals surface area contributed by atoms with Crippen LogP contribution in [0.2, 0.25) is 0 Å². The van der Waals surface area contributed by atoms with Gasteiger partial charge in [0.2, 0.25) is 0 Å². The zero-order valence-electron chi connectivity index (χ0n) is 17.2. The van der Waals surface area contributed by atoms with Gasteiger partial charge in [-0.05, 0) is 104 Å². The first kappa shape index (κ1) is 20.2. The van der Waals surface area contributed by atoms with E-state index in [9.17, 15) is 0 Å². The predicted octanol–water partition coefficient (Wildman–Crippen LogP) is 4.08. The molecular formula is C21H43N3. The normalized spacial score (nSPS) is 27.2. The molecule has 3 saturated heterocycles. The van der Waals surface area contributed by atoms with E-state index in [0.29, 0.717) is 5.41 Å². The molecule has 142 valence electrons. The van der Waals surface area contributed by atoms with Crippen LogP contribution in [0, 0.1) is 5.41 Å². The van der Waals surface area contributed by atoms with E-state index in [0.717, 1.165) is 12.1 Å². The van der Waals surface area contributed by atoms with Crippen LogP contribution in [-0.2, 0) is 0 Å². The molecule has 3 rings (SSSR count). The highest BCUT2D eigenvalue weighted by molar-refractivity contribution is 4.93. The highest BCUT2D eigenvalue weighted by Crippen LogP contribution is 2.42. The van der Waals surface area contributed by atoms with E-state index in [-0.39, 0.29) is 0 Å². The molecule has 3 fully saturated rings. The molecule has 0 aromatic rings. The molecule has 1 spiro atoms. The van der Waals surface area contributed by atoms with Gasteiger partial charge >= 0.3 is 0 Å². The fourth-order valence-corrected chi connectivity index (χ4v) is 4.97. The summed E-state index contributed by atoms with van der Waals surface area (Å²) in [6, 6.07) is 1.61. The van der Waals surface area contributed by atoms with Crippen molar-refractivity contribution >= 4 is 0 Å². The molecule has 3 aliphatic heterocycles. The van der Waals surface area contributed by atoms with Gasteiger partial charge in [0.1, 0.15) is 0 Å². The Hall–Kier alpha value is -0.120. The van der Waals surface area contributed by atoms with Gasteiger partial charge in [0.25, 0.3) is 0 Å². The summed E-state index contributed by atoms with van der Waals surface area (Å²) in [4.78, 5) is 8.14. The lowest BCUT2D eigenvalue weighted by Crippen LogP contribution is -2.52. The van der Waals surface area contributed by atoms with Crippen molar-refractivity contribution in [3.05, 3.63) is 0 Å². The molecule has 0 aromatic heterocycles. The first-order valence-electron chi connectivity index (χ1n) is 10.8. The Labute approximate surface area is 151 Å². The smallest absolute Gasteiger partial charge is 0.0120 e. The lowest BCUT2D eigenvalue weighted by Gasteiger charge is -2.49. The minimum atomic E-state index is 0.709. The number of hydrogen-bond donors (Lipinski definition) is 0. The maximum Gasteiger partial charge on any atom is 0.0120 e. The van der Waals surface area contributed by atoms with Crippen molar-refractivity contribution in [2.45, 2.75) is 85.2 Å². The Morgan fingerprint density at radius 3 is 1.79 bits per heavy atom. The highest BCUT2D eigenvalue weighted by atomic mass is 15.2. The highest BCUT2D eigenvalue weighted by Gasteiger charge is 2.39. The van der Waals surface area contributed by atoms with Crippen LogP contribution in [0.3, 0.4) is 0 Å². The van der Waals surface area contributed by atoms with Crippen molar-refractivity contribution in [1.82, 2.24) is 14.7 Å². The molecule has 3 heteroatoms. The number of rotatable bonds is 3. The van der Waals surface area contributed by atoms with Crippen LogP contribution in [-0.4, -0.2) is 72.6 Å². The van der Waals surface area contributed by atoms with Crippen molar-refractivity contribution in [1.29, 1.82) is 0 Å². The average Bonchev–Trinajstić information content (AvgIpc) is 2.65. The minimum absolute atomic E-state index is 0.709. The van der Waals surface area contributed by atoms with E-state index in [1.165, 1.54) is 84.3 Å². The topological polar surface area (TPSA) is 9.72 Å². The third-order valence-electron chi connectivity index (χ3n) is 6.97. The summed E-state index contributed by atoms with van der Waals surface area (Å²) in [6.45, 7) is 20.3. The summed E-state index contributed by atoms with van der Waals surface area (Å²) in [5.74, 6) is 0. The molecule has 24 heavy (non-hydrogen) atoms. The molecular weight excluding hydrogens is 294 g/mol. The monoisotopic (exact) mass is 337 g/mol. The van der Waals surface area contributed by atoms with Crippen LogP contribution in [0.4, 0.5) is 0 Å². The maximum absolute atomic E-state index is 2.84. The first-order valence-corrected chi connectivity index (χ1v) is 10.8. The Morgan fingerprint density at radius 2 is 1.33 bits per heavy atom. The van der Waals surface area contributed by atoms with E-state index < -0.39 is 0 Å². The van der Waals surface area contributed by atoms with Crippen LogP contribution >= 0.6 is 0 Å². The van der Waals surface area contributed by atoms with Crippen molar-refractivity contribution in [2.24, 2.45) is 5.41 Å². The summed E-state index contributed by atoms with van der Waals surface area (Å²) >= 11 is 0. The van der Waals surface area contributed by atoms with E-state index in [1.54, 1.807) is 0 Å². The predicted molar refractivity (Wildman–Crippen MR) is 106 cm³/mol. The number of piperidine rings is 3. The van der Waals surface area contributed by atoms with Crippen molar-refractivity contribution in [3.63, 3.8) is 0 Å². The largest absolute Gasteiger partial charge is 0.304 e. The molecule has 0 aliphatic carbocycles. The molecule has 0 aromatic carbocycles. The van der Waals surface area contributed by atoms with Gasteiger partial charge < -0.3 is 14.7 Å². The second-order valence-corrected chi connectivity index (χ2v) is 8.33. The molecule has 3 nitrogen and oxygen atoms in total. The molecule has 0 radical (unpaired) electrons. The van der Waals surface area contributed by atoms with Gasteiger partial charge in [0, 0.05) is 12.1 Å². The van der Waals surface area contributed by atoms with Crippen LogP contribution in [0.15, 0.2) is 0 Å². The second kappa shape index (κ2) is 9.54. The Kier molecular flexibility index (Phi) is 8.03. The Bertz CT molecular complexity index is 329. The van der Waals surface area contributed by atoms with Crippen LogP contribution in [0.5, 0.6) is 0 Å². The van der Waals surface area contributed by atoms with Gasteiger partial charge in [-0.25, -0.2) is 0 Å².